The molecule has 9 nitrogen and oxygen atoms in total. The number of aliphatic hydroxyl groups is 1. The molecular formula is C14H25N3O6Si. The minimum atomic E-state index is -2.04. The van der Waals surface area contributed by atoms with Crippen LogP contribution in [0.15, 0.2) is 6.07 Å². The number of nitro groups is 1. The van der Waals surface area contributed by atoms with Gasteiger partial charge < -0.3 is 24.4 Å². The molecule has 0 fully saturated rings. The molecule has 0 bridgehead atoms. The maximum absolute atomic E-state index is 11.5. The van der Waals surface area contributed by atoms with Gasteiger partial charge in [0, 0.05) is 0 Å². The SMILES string of the molecule is COC(=O)c1cc([N+](=O)[O-])n(CC(O)CO[Si](C)(C)C(C)(C)C)n1. The second-order valence-electron chi connectivity index (χ2n) is 7.04. The summed E-state index contributed by atoms with van der Waals surface area (Å²) in [6.45, 7) is 10.2. The van der Waals surface area contributed by atoms with Crippen LogP contribution >= 0.6 is 0 Å². The molecule has 0 saturated heterocycles. The Hall–Kier alpha value is -1.78. The summed E-state index contributed by atoms with van der Waals surface area (Å²) in [5, 5.41) is 25.0. The van der Waals surface area contributed by atoms with E-state index in [0.717, 1.165) is 17.9 Å². The maximum Gasteiger partial charge on any atom is 0.360 e. The van der Waals surface area contributed by atoms with Crippen molar-refractivity contribution in [3.05, 3.63) is 21.9 Å². The lowest BCUT2D eigenvalue weighted by molar-refractivity contribution is -0.392. The number of ether oxygens (including phenoxy) is 1. The van der Waals surface area contributed by atoms with E-state index in [4.69, 9.17) is 4.43 Å². The molecule has 24 heavy (non-hydrogen) atoms. The third-order valence-corrected chi connectivity index (χ3v) is 8.67. The van der Waals surface area contributed by atoms with Gasteiger partial charge in [-0.1, -0.05) is 25.9 Å². The number of nitrogens with zero attached hydrogens (tertiary/aromatic N) is 3. The Morgan fingerprint density at radius 3 is 2.54 bits per heavy atom. The van der Waals surface area contributed by atoms with Crippen molar-refractivity contribution >= 4 is 20.1 Å². The van der Waals surface area contributed by atoms with Gasteiger partial charge in [0.15, 0.2) is 14.0 Å². The van der Waals surface area contributed by atoms with Crippen LogP contribution in [0.1, 0.15) is 31.3 Å². The summed E-state index contributed by atoms with van der Waals surface area (Å²) < 4.78 is 11.4. The van der Waals surface area contributed by atoms with Crippen LogP contribution in [-0.4, -0.2) is 53.9 Å². The van der Waals surface area contributed by atoms with Gasteiger partial charge in [-0.3, -0.25) is 0 Å². The maximum atomic E-state index is 11.5. The largest absolute Gasteiger partial charge is 0.464 e. The van der Waals surface area contributed by atoms with Gasteiger partial charge in [0.1, 0.15) is 12.6 Å². The number of hydrogen-bond donors (Lipinski definition) is 1. The predicted molar refractivity (Wildman–Crippen MR) is 89.4 cm³/mol. The Labute approximate surface area is 141 Å². The Kier molecular flexibility index (Phi) is 6.25. The summed E-state index contributed by atoms with van der Waals surface area (Å²) in [4.78, 5) is 21.8. The van der Waals surface area contributed by atoms with Crippen LogP contribution < -0.4 is 0 Å². The zero-order chi connectivity index (χ0) is 18.7. The molecule has 0 aliphatic carbocycles. The first-order valence-electron chi connectivity index (χ1n) is 7.51. The lowest BCUT2D eigenvalue weighted by Crippen LogP contribution is -2.43. The van der Waals surface area contributed by atoms with Crippen LogP contribution in [0.25, 0.3) is 0 Å². The van der Waals surface area contributed by atoms with Crippen molar-refractivity contribution in [3.8, 4) is 0 Å². The van der Waals surface area contributed by atoms with Gasteiger partial charge >= 0.3 is 11.8 Å². The van der Waals surface area contributed by atoms with Crippen molar-refractivity contribution in [2.24, 2.45) is 0 Å². The number of rotatable bonds is 7. The summed E-state index contributed by atoms with van der Waals surface area (Å²) in [6, 6.07) is 1.02. The molecule has 0 amide bonds. The van der Waals surface area contributed by atoms with Gasteiger partial charge in [-0.05, 0) is 23.1 Å². The Balaban J connectivity index is 2.83. The molecule has 0 radical (unpaired) electrons. The highest BCUT2D eigenvalue weighted by Crippen LogP contribution is 2.36. The van der Waals surface area contributed by atoms with Crippen LogP contribution in [0, 0.1) is 10.1 Å². The third-order valence-electron chi connectivity index (χ3n) is 4.17. The molecule has 136 valence electrons. The van der Waals surface area contributed by atoms with E-state index in [1.54, 1.807) is 0 Å². The van der Waals surface area contributed by atoms with Crippen LogP contribution in [0.3, 0.4) is 0 Å². The van der Waals surface area contributed by atoms with Gasteiger partial charge in [0.25, 0.3) is 0 Å². The molecule has 1 heterocycles. The molecule has 0 saturated carbocycles. The normalized spacial score (nSPS) is 13.6. The van der Waals surface area contributed by atoms with E-state index in [2.05, 4.69) is 30.6 Å². The number of aliphatic hydroxyl groups excluding tert-OH is 1. The van der Waals surface area contributed by atoms with Crippen molar-refractivity contribution in [3.63, 3.8) is 0 Å². The first-order chi connectivity index (χ1) is 10.9. The average molecular weight is 359 g/mol. The molecule has 1 aromatic heterocycles. The smallest absolute Gasteiger partial charge is 0.360 e. The highest BCUT2D eigenvalue weighted by Gasteiger charge is 2.37. The van der Waals surface area contributed by atoms with Crippen LogP contribution in [0.5, 0.6) is 0 Å². The number of methoxy groups -OCH3 is 1. The lowest BCUT2D eigenvalue weighted by Gasteiger charge is -2.36. The summed E-state index contributed by atoms with van der Waals surface area (Å²) in [6.07, 6.45) is -0.983. The number of carbonyl (C=O) groups excluding carboxylic acids is 1. The van der Waals surface area contributed by atoms with E-state index in [0.29, 0.717) is 0 Å². The fourth-order valence-corrected chi connectivity index (χ4v) is 2.71. The number of carbonyl (C=O) groups is 1. The number of hydrogen-bond acceptors (Lipinski definition) is 7. The zero-order valence-electron chi connectivity index (χ0n) is 14.9. The molecule has 1 unspecified atom stereocenters. The molecule has 1 aromatic rings. The molecule has 1 N–H and O–H groups in total. The third kappa shape index (κ3) is 4.85. The molecule has 0 aliphatic rings. The Bertz CT molecular complexity index is 608. The first-order valence-corrected chi connectivity index (χ1v) is 10.4. The zero-order valence-corrected chi connectivity index (χ0v) is 15.9. The molecule has 1 rings (SSSR count). The molecule has 0 aliphatic heterocycles. The van der Waals surface area contributed by atoms with E-state index in [-0.39, 0.29) is 29.7 Å². The summed E-state index contributed by atoms with van der Waals surface area (Å²) in [5.41, 5.74) is -0.179. The second kappa shape index (κ2) is 7.41. The highest BCUT2D eigenvalue weighted by molar-refractivity contribution is 6.74. The van der Waals surface area contributed by atoms with Crippen LogP contribution in [0.2, 0.25) is 18.1 Å². The molecule has 10 heteroatoms. The minimum absolute atomic E-state index is 0.0114. The van der Waals surface area contributed by atoms with Gasteiger partial charge in [0.05, 0.1) is 19.8 Å². The molecule has 0 aromatic carbocycles. The van der Waals surface area contributed by atoms with Crippen molar-refractivity contribution in [2.75, 3.05) is 13.7 Å². The van der Waals surface area contributed by atoms with Crippen molar-refractivity contribution in [2.45, 2.75) is 51.6 Å². The topological polar surface area (TPSA) is 117 Å². The fourth-order valence-electron chi connectivity index (χ4n) is 1.67. The van der Waals surface area contributed by atoms with Gasteiger partial charge in [0.2, 0.25) is 0 Å². The van der Waals surface area contributed by atoms with E-state index in [9.17, 15) is 20.0 Å². The fraction of sp³-hybridized carbons (Fsp3) is 0.714. The predicted octanol–water partition coefficient (Wildman–Crippen LogP) is 1.96. The van der Waals surface area contributed by atoms with Gasteiger partial charge in [-0.25, -0.2) is 4.79 Å². The summed E-state index contributed by atoms with van der Waals surface area (Å²) in [5.74, 6) is -1.16. The van der Waals surface area contributed by atoms with Crippen molar-refractivity contribution < 1.29 is 24.0 Å². The number of esters is 1. The van der Waals surface area contributed by atoms with Gasteiger partial charge in [-0.15, -0.1) is 4.68 Å². The standard InChI is InChI=1S/C14H25N3O6Si/c1-14(2,3)24(5,6)23-9-10(18)8-16-12(17(20)21)7-11(15-16)13(19)22-4/h7,10,18H,8-9H2,1-6H3. The first kappa shape index (κ1) is 20.3. The number of aromatic nitrogens is 2. The summed E-state index contributed by atoms with van der Waals surface area (Å²) in [7, 11) is -0.875. The van der Waals surface area contributed by atoms with Crippen molar-refractivity contribution in [1.82, 2.24) is 9.78 Å². The summed E-state index contributed by atoms with van der Waals surface area (Å²) >= 11 is 0. The van der Waals surface area contributed by atoms with E-state index in [1.807, 2.05) is 13.1 Å². The van der Waals surface area contributed by atoms with E-state index >= 15 is 0 Å². The Morgan fingerprint density at radius 2 is 2.08 bits per heavy atom. The molecule has 0 spiro atoms. The van der Waals surface area contributed by atoms with Crippen molar-refractivity contribution in [1.29, 1.82) is 0 Å². The quantitative estimate of drug-likeness (QED) is 0.342. The molecule has 1 atom stereocenters. The van der Waals surface area contributed by atoms with Crippen LogP contribution in [-0.2, 0) is 15.7 Å². The Morgan fingerprint density at radius 1 is 1.50 bits per heavy atom. The van der Waals surface area contributed by atoms with Gasteiger partial charge in [-0.2, -0.15) is 0 Å². The van der Waals surface area contributed by atoms with E-state index in [1.165, 1.54) is 0 Å². The minimum Gasteiger partial charge on any atom is -0.464 e. The monoisotopic (exact) mass is 359 g/mol. The lowest BCUT2D eigenvalue weighted by atomic mass is 10.2. The van der Waals surface area contributed by atoms with E-state index < -0.39 is 25.3 Å². The molecular weight excluding hydrogens is 334 g/mol. The second-order valence-corrected chi connectivity index (χ2v) is 11.9. The van der Waals surface area contributed by atoms with Crippen LogP contribution in [0.4, 0.5) is 5.82 Å². The average Bonchev–Trinajstić information content (AvgIpc) is 2.87. The highest BCUT2D eigenvalue weighted by atomic mass is 28.4.